The average molecular weight is 387 g/mol. The lowest BCUT2D eigenvalue weighted by atomic mass is 9.73. The molecule has 0 saturated carbocycles. The summed E-state index contributed by atoms with van der Waals surface area (Å²) < 4.78 is 5.39. The van der Waals surface area contributed by atoms with E-state index < -0.39 is 46.9 Å². The molecule has 0 amide bonds. The van der Waals surface area contributed by atoms with Gasteiger partial charge in [-0.25, -0.2) is 0 Å². The second kappa shape index (κ2) is 7.46. The Kier molecular flexibility index (Phi) is 6.32. The summed E-state index contributed by atoms with van der Waals surface area (Å²) in [4.78, 5) is 49.9. The Morgan fingerprint density at radius 3 is 1.96 bits per heavy atom. The van der Waals surface area contributed by atoms with Gasteiger partial charge in [-0.05, 0) is 54.0 Å². The summed E-state index contributed by atoms with van der Waals surface area (Å²) in [7, 11) is 1.84. The molecule has 0 aromatic carbocycles. The van der Waals surface area contributed by atoms with E-state index in [-0.39, 0.29) is 12.0 Å². The molecule has 1 fully saturated rings. The number of carboxylic acid groups (broad SMARTS) is 3. The summed E-state index contributed by atoms with van der Waals surface area (Å²) in [5.41, 5.74) is -4.11. The molecule has 2 unspecified atom stereocenters. The maximum Gasteiger partial charge on any atom is 0.336 e. The van der Waals surface area contributed by atoms with E-state index in [4.69, 9.17) is 4.74 Å². The Morgan fingerprint density at radius 2 is 1.59 bits per heavy atom. The number of likely N-dealkylation sites (N-methyl/N-ethyl adjacent to an activating group) is 1. The van der Waals surface area contributed by atoms with Gasteiger partial charge < -0.3 is 20.1 Å². The molecule has 1 heterocycles. The van der Waals surface area contributed by atoms with Crippen LogP contribution in [0.15, 0.2) is 0 Å². The molecule has 0 bridgehead atoms. The zero-order valence-corrected chi connectivity index (χ0v) is 16.6. The minimum absolute atomic E-state index is 0.198. The number of carbonyl (C=O) groups excluding carboxylic acids is 1. The number of rotatable bonds is 7. The van der Waals surface area contributed by atoms with Gasteiger partial charge in [0.1, 0.15) is 6.10 Å². The molecule has 9 nitrogen and oxygen atoms in total. The van der Waals surface area contributed by atoms with Gasteiger partial charge in [-0.2, -0.15) is 0 Å². The number of nitrogens with zero attached hydrogens (tertiary/aromatic N) is 1. The predicted molar refractivity (Wildman–Crippen MR) is 94.2 cm³/mol. The number of likely N-dealkylation sites (tertiary alicyclic amines) is 1. The molecule has 1 rings (SSSR count). The monoisotopic (exact) mass is 387 g/mol. The van der Waals surface area contributed by atoms with Gasteiger partial charge in [0.25, 0.3) is 5.41 Å². The lowest BCUT2D eigenvalue weighted by molar-refractivity contribution is -0.198. The van der Waals surface area contributed by atoms with Gasteiger partial charge in [0.2, 0.25) is 0 Å². The van der Waals surface area contributed by atoms with Crippen LogP contribution in [0.2, 0.25) is 0 Å². The first-order chi connectivity index (χ1) is 12.2. The first-order valence-corrected chi connectivity index (χ1v) is 8.81. The molecule has 0 spiro atoms. The number of carbonyl (C=O) groups is 4. The predicted octanol–water partition coefficient (Wildman–Crippen LogP) is 1.45. The Bertz CT molecular complexity index is 625. The molecule has 0 aromatic heterocycles. The number of carboxylic acids is 3. The van der Waals surface area contributed by atoms with Gasteiger partial charge in [-0.15, -0.1) is 0 Å². The first kappa shape index (κ1) is 22.9. The SMILES string of the molecule is CCC(C(=O)O)C(C(=O)O)(C(=O)O)C(=O)OC1CCC(C)(C)N(C)C1(C)C. The van der Waals surface area contributed by atoms with E-state index in [2.05, 4.69) is 0 Å². The van der Waals surface area contributed by atoms with E-state index in [0.29, 0.717) is 12.8 Å². The van der Waals surface area contributed by atoms with Crippen LogP contribution < -0.4 is 0 Å². The van der Waals surface area contributed by atoms with Crippen LogP contribution in [0.1, 0.15) is 53.9 Å². The molecule has 27 heavy (non-hydrogen) atoms. The Hall–Kier alpha value is -2.16. The normalized spacial score (nSPS) is 23.3. The molecule has 1 saturated heterocycles. The molecule has 0 aliphatic carbocycles. The molecule has 1 aliphatic rings. The smallest absolute Gasteiger partial charge is 0.336 e. The van der Waals surface area contributed by atoms with E-state index in [1.165, 1.54) is 6.92 Å². The second-order valence-electron chi connectivity index (χ2n) is 8.18. The van der Waals surface area contributed by atoms with Crippen molar-refractivity contribution >= 4 is 23.9 Å². The van der Waals surface area contributed by atoms with Crippen LogP contribution in [0.3, 0.4) is 0 Å². The van der Waals surface area contributed by atoms with Gasteiger partial charge in [0.15, 0.2) is 0 Å². The third-order valence-electron chi connectivity index (χ3n) is 6.05. The van der Waals surface area contributed by atoms with Crippen LogP contribution in [-0.4, -0.2) is 68.3 Å². The zero-order chi connectivity index (χ0) is 21.4. The summed E-state index contributed by atoms with van der Waals surface area (Å²) >= 11 is 0. The van der Waals surface area contributed by atoms with E-state index >= 15 is 0 Å². The second-order valence-corrected chi connectivity index (χ2v) is 8.18. The van der Waals surface area contributed by atoms with Crippen molar-refractivity contribution < 1.29 is 39.2 Å². The number of hydrogen-bond acceptors (Lipinski definition) is 6. The van der Waals surface area contributed by atoms with Crippen molar-refractivity contribution in [2.75, 3.05) is 7.05 Å². The van der Waals surface area contributed by atoms with Crippen molar-refractivity contribution in [3.05, 3.63) is 0 Å². The molecule has 2 atom stereocenters. The number of ether oxygens (including phenoxy) is 1. The summed E-state index contributed by atoms with van der Waals surface area (Å²) in [6, 6.07) is 0. The lowest BCUT2D eigenvalue weighted by Crippen LogP contribution is -2.65. The van der Waals surface area contributed by atoms with Crippen molar-refractivity contribution in [3.8, 4) is 0 Å². The van der Waals surface area contributed by atoms with Crippen LogP contribution in [-0.2, 0) is 23.9 Å². The van der Waals surface area contributed by atoms with Crippen LogP contribution in [0.5, 0.6) is 0 Å². The Labute approximate surface area is 158 Å². The van der Waals surface area contributed by atoms with Gasteiger partial charge in [0.05, 0.1) is 11.5 Å². The highest BCUT2D eigenvalue weighted by Gasteiger charge is 2.64. The highest BCUT2D eigenvalue weighted by molar-refractivity contribution is 6.19. The fraction of sp³-hybridized carbons (Fsp3) is 0.778. The topological polar surface area (TPSA) is 141 Å². The quantitative estimate of drug-likeness (QED) is 0.437. The van der Waals surface area contributed by atoms with Gasteiger partial charge in [-0.3, -0.25) is 24.1 Å². The van der Waals surface area contributed by atoms with Crippen molar-refractivity contribution in [2.24, 2.45) is 11.3 Å². The molecular weight excluding hydrogens is 358 g/mol. The van der Waals surface area contributed by atoms with Crippen molar-refractivity contribution in [2.45, 2.75) is 71.1 Å². The summed E-state index contributed by atoms with van der Waals surface area (Å²) in [6.07, 6.45) is -0.111. The van der Waals surface area contributed by atoms with Crippen molar-refractivity contribution in [3.63, 3.8) is 0 Å². The first-order valence-electron chi connectivity index (χ1n) is 8.81. The molecule has 0 aromatic rings. The summed E-state index contributed by atoms with van der Waals surface area (Å²) in [6.45, 7) is 8.97. The standard InChI is InChI=1S/C18H29NO8/c1-7-10(12(20)21)18(13(22)23,14(24)25)15(26)27-11-8-9-16(2,3)19(6)17(11,4)5/h10-11H,7-9H2,1-6H3,(H,20,21)(H,22,23)(H,24,25). The highest BCUT2D eigenvalue weighted by Crippen LogP contribution is 2.41. The van der Waals surface area contributed by atoms with E-state index in [9.17, 15) is 34.5 Å². The molecule has 1 aliphatic heterocycles. The van der Waals surface area contributed by atoms with E-state index in [1.807, 2.05) is 39.6 Å². The van der Waals surface area contributed by atoms with E-state index in [1.54, 1.807) is 0 Å². The third kappa shape index (κ3) is 3.65. The largest absolute Gasteiger partial charge is 0.481 e. The fourth-order valence-electron chi connectivity index (χ4n) is 3.80. The number of esters is 1. The molecule has 9 heteroatoms. The highest BCUT2D eigenvalue weighted by atomic mass is 16.6. The maximum absolute atomic E-state index is 12.8. The minimum atomic E-state index is -3.21. The zero-order valence-electron chi connectivity index (χ0n) is 16.6. The van der Waals surface area contributed by atoms with Gasteiger partial charge >= 0.3 is 23.9 Å². The van der Waals surface area contributed by atoms with Crippen LogP contribution in [0.4, 0.5) is 0 Å². The number of piperidine rings is 1. The fourth-order valence-corrected chi connectivity index (χ4v) is 3.80. The van der Waals surface area contributed by atoms with Gasteiger partial charge in [0, 0.05) is 5.54 Å². The van der Waals surface area contributed by atoms with Crippen LogP contribution in [0, 0.1) is 11.3 Å². The number of aliphatic carboxylic acids is 3. The van der Waals surface area contributed by atoms with Crippen molar-refractivity contribution in [1.82, 2.24) is 4.90 Å². The third-order valence-corrected chi connectivity index (χ3v) is 6.05. The minimum Gasteiger partial charge on any atom is -0.481 e. The maximum atomic E-state index is 12.8. The molecule has 3 N–H and O–H groups in total. The van der Waals surface area contributed by atoms with Crippen molar-refractivity contribution in [1.29, 1.82) is 0 Å². The van der Waals surface area contributed by atoms with Gasteiger partial charge in [-0.1, -0.05) is 6.92 Å². The Balaban J connectivity index is 3.35. The summed E-state index contributed by atoms with van der Waals surface area (Å²) in [5.74, 6) is -9.28. The van der Waals surface area contributed by atoms with Crippen LogP contribution in [0.25, 0.3) is 0 Å². The van der Waals surface area contributed by atoms with Crippen LogP contribution >= 0.6 is 0 Å². The lowest BCUT2D eigenvalue weighted by Gasteiger charge is -2.54. The summed E-state index contributed by atoms with van der Waals surface area (Å²) in [5, 5.41) is 28.4. The molecule has 154 valence electrons. The Morgan fingerprint density at radius 1 is 1.11 bits per heavy atom. The molecular formula is C18H29NO8. The molecule has 0 radical (unpaired) electrons. The average Bonchev–Trinajstić information content (AvgIpc) is 2.52. The number of hydrogen-bond donors (Lipinski definition) is 3. The van der Waals surface area contributed by atoms with E-state index in [0.717, 1.165) is 0 Å².